The highest BCUT2D eigenvalue weighted by Crippen LogP contribution is 2.29. The molecular formula is C9H18N2. The van der Waals surface area contributed by atoms with Gasteiger partial charge in [0.2, 0.25) is 0 Å². The van der Waals surface area contributed by atoms with Crippen molar-refractivity contribution < 1.29 is 0 Å². The third-order valence-corrected chi connectivity index (χ3v) is 3.26. The van der Waals surface area contributed by atoms with Crippen LogP contribution in [-0.4, -0.2) is 30.6 Å². The summed E-state index contributed by atoms with van der Waals surface area (Å²) in [5.74, 6) is 0.828. The van der Waals surface area contributed by atoms with Gasteiger partial charge in [0.25, 0.3) is 0 Å². The van der Waals surface area contributed by atoms with Gasteiger partial charge in [-0.15, -0.1) is 0 Å². The zero-order chi connectivity index (χ0) is 7.68. The van der Waals surface area contributed by atoms with Gasteiger partial charge in [-0.05, 0) is 51.2 Å². The average Bonchev–Trinajstić information content (AvgIpc) is 2.50. The molecule has 2 aliphatic heterocycles. The summed E-state index contributed by atoms with van der Waals surface area (Å²) in [4.78, 5) is 2.64. The first-order chi connectivity index (χ1) is 5.40. The summed E-state index contributed by atoms with van der Waals surface area (Å²) >= 11 is 0. The number of hydrogen-bond donors (Lipinski definition) is 1. The van der Waals surface area contributed by atoms with Crippen molar-refractivity contribution in [2.45, 2.75) is 31.7 Å². The molecule has 11 heavy (non-hydrogen) atoms. The lowest BCUT2D eigenvalue weighted by Gasteiger charge is -2.34. The van der Waals surface area contributed by atoms with Crippen LogP contribution in [0, 0.1) is 5.92 Å². The lowest BCUT2D eigenvalue weighted by molar-refractivity contribution is 0.156. The summed E-state index contributed by atoms with van der Waals surface area (Å²) in [6, 6.07) is 0.900. The van der Waals surface area contributed by atoms with Crippen molar-refractivity contribution in [3.8, 4) is 0 Å². The molecule has 2 heteroatoms. The van der Waals surface area contributed by atoms with Crippen LogP contribution in [0.4, 0.5) is 0 Å². The van der Waals surface area contributed by atoms with Crippen molar-refractivity contribution in [2.75, 3.05) is 19.6 Å². The standard InChI is InChI=1S/C9H18N2/c10-7-8-3-5-11-4-1-2-9(11)6-8/h8-9H,1-7,10H2. The third-order valence-electron chi connectivity index (χ3n) is 3.26. The quantitative estimate of drug-likeness (QED) is 0.606. The van der Waals surface area contributed by atoms with Crippen molar-refractivity contribution in [3.05, 3.63) is 0 Å². The first-order valence-corrected chi connectivity index (χ1v) is 4.84. The highest BCUT2D eigenvalue weighted by molar-refractivity contribution is 4.86. The van der Waals surface area contributed by atoms with Crippen LogP contribution in [0.1, 0.15) is 25.7 Å². The van der Waals surface area contributed by atoms with Crippen LogP contribution in [-0.2, 0) is 0 Å². The Morgan fingerprint density at radius 3 is 3.00 bits per heavy atom. The number of nitrogens with zero attached hydrogens (tertiary/aromatic N) is 1. The Morgan fingerprint density at radius 2 is 2.18 bits per heavy atom. The Bertz CT molecular complexity index is 136. The van der Waals surface area contributed by atoms with Crippen molar-refractivity contribution in [1.82, 2.24) is 4.90 Å². The molecule has 0 radical (unpaired) electrons. The number of rotatable bonds is 1. The van der Waals surface area contributed by atoms with Gasteiger partial charge < -0.3 is 10.6 Å². The fraction of sp³-hybridized carbons (Fsp3) is 1.00. The zero-order valence-electron chi connectivity index (χ0n) is 7.13. The molecule has 2 aliphatic rings. The molecule has 2 atom stereocenters. The largest absolute Gasteiger partial charge is 0.330 e. The van der Waals surface area contributed by atoms with Crippen LogP contribution in [0.5, 0.6) is 0 Å². The molecule has 0 spiro atoms. The summed E-state index contributed by atoms with van der Waals surface area (Å²) in [5.41, 5.74) is 5.67. The summed E-state index contributed by atoms with van der Waals surface area (Å²) in [7, 11) is 0. The van der Waals surface area contributed by atoms with E-state index in [-0.39, 0.29) is 0 Å². The van der Waals surface area contributed by atoms with E-state index in [9.17, 15) is 0 Å². The maximum Gasteiger partial charge on any atom is 0.00988 e. The monoisotopic (exact) mass is 154 g/mol. The molecule has 0 aromatic heterocycles. The topological polar surface area (TPSA) is 29.3 Å². The van der Waals surface area contributed by atoms with E-state index >= 15 is 0 Å². The summed E-state index contributed by atoms with van der Waals surface area (Å²) < 4.78 is 0. The maximum atomic E-state index is 5.67. The van der Waals surface area contributed by atoms with E-state index in [4.69, 9.17) is 5.73 Å². The zero-order valence-corrected chi connectivity index (χ0v) is 7.13. The Kier molecular flexibility index (Phi) is 2.14. The molecule has 2 nitrogen and oxygen atoms in total. The van der Waals surface area contributed by atoms with E-state index in [1.165, 1.54) is 38.8 Å². The average molecular weight is 154 g/mol. The van der Waals surface area contributed by atoms with Crippen molar-refractivity contribution in [2.24, 2.45) is 11.7 Å². The minimum absolute atomic E-state index is 0.828. The van der Waals surface area contributed by atoms with Crippen LogP contribution in [0.15, 0.2) is 0 Å². The summed E-state index contributed by atoms with van der Waals surface area (Å²) in [5, 5.41) is 0. The second-order valence-electron chi connectivity index (χ2n) is 3.96. The second kappa shape index (κ2) is 3.11. The molecule has 2 unspecified atom stereocenters. The Hall–Kier alpha value is -0.0800. The molecule has 2 N–H and O–H groups in total. The molecular weight excluding hydrogens is 136 g/mol. The smallest absolute Gasteiger partial charge is 0.00988 e. The van der Waals surface area contributed by atoms with E-state index in [1.807, 2.05) is 0 Å². The third kappa shape index (κ3) is 1.42. The number of fused-ring (bicyclic) bond motifs is 1. The molecule has 0 saturated carbocycles. The Morgan fingerprint density at radius 1 is 1.27 bits per heavy atom. The Labute approximate surface area is 68.7 Å². The molecule has 64 valence electrons. The van der Waals surface area contributed by atoms with Crippen LogP contribution in [0.3, 0.4) is 0 Å². The number of hydrogen-bond acceptors (Lipinski definition) is 2. The van der Waals surface area contributed by atoms with E-state index in [0.717, 1.165) is 18.5 Å². The number of piperidine rings is 1. The SMILES string of the molecule is NCC1CCN2CCCC2C1. The highest BCUT2D eigenvalue weighted by atomic mass is 15.2. The van der Waals surface area contributed by atoms with Crippen molar-refractivity contribution in [1.29, 1.82) is 0 Å². The lowest BCUT2D eigenvalue weighted by Crippen LogP contribution is -2.39. The molecule has 0 aromatic carbocycles. The fourth-order valence-corrected chi connectivity index (χ4v) is 2.52. The molecule has 2 heterocycles. The summed E-state index contributed by atoms with van der Waals surface area (Å²) in [6.45, 7) is 3.57. The van der Waals surface area contributed by atoms with Crippen LogP contribution < -0.4 is 5.73 Å². The van der Waals surface area contributed by atoms with Gasteiger partial charge in [0, 0.05) is 6.04 Å². The highest BCUT2D eigenvalue weighted by Gasteiger charge is 2.30. The lowest BCUT2D eigenvalue weighted by atomic mass is 9.91. The minimum atomic E-state index is 0.828. The van der Waals surface area contributed by atoms with Gasteiger partial charge in [0.05, 0.1) is 0 Å². The van der Waals surface area contributed by atoms with Crippen LogP contribution in [0.2, 0.25) is 0 Å². The predicted octanol–water partition coefficient (Wildman–Crippen LogP) is 0.820. The first kappa shape index (κ1) is 7.56. The van der Waals surface area contributed by atoms with Gasteiger partial charge >= 0.3 is 0 Å². The normalized spacial score (nSPS) is 39.0. The van der Waals surface area contributed by atoms with E-state index in [0.29, 0.717) is 0 Å². The molecule has 0 aromatic rings. The van der Waals surface area contributed by atoms with Crippen LogP contribution >= 0.6 is 0 Å². The summed E-state index contributed by atoms with van der Waals surface area (Å²) in [6.07, 6.45) is 5.56. The van der Waals surface area contributed by atoms with Crippen molar-refractivity contribution in [3.63, 3.8) is 0 Å². The molecule has 2 saturated heterocycles. The second-order valence-corrected chi connectivity index (χ2v) is 3.96. The van der Waals surface area contributed by atoms with Crippen LogP contribution in [0.25, 0.3) is 0 Å². The molecule has 0 amide bonds. The van der Waals surface area contributed by atoms with E-state index in [2.05, 4.69) is 4.90 Å². The molecule has 2 rings (SSSR count). The van der Waals surface area contributed by atoms with Gasteiger partial charge in [-0.1, -0.05) is 0 Å². The molecule has 0 bridgehead atoms. The predicted molar refractivity (Wildman–Crippen MR) is 46.4 cm³/mol. The van der Waals surface area contributed by atoms with Gasteiger partial charge in [0.15, 0.2) is 0 Å². The fourth-order valence-electron chi connectivity index (χ4n) is 2.52. The molecule has 0 aliphatic carbocycles. The van der Waals surface area contributed by atoms with Gasteiger partial charge in [0.1, 0.15) is 0 Å². The first-order valence-electron chi connectivity index (χ1n) is 4.84. The Balaban J connectivity index is 1.91. The van der Waals surface area contributed by atoms with Gasteiger partial charge in [-0.25, -0.2) is 0 Å². The molecule has 2 fully saturated rings. The van der Waals surface area contributed by atoms with E-state index < -0.39 is 0 Å². The minimum Gasteiger partial charge on any atom is -0.330 e. The number of nitrogens with two attached hydrogens (primary N) is 1. The van der Waals surface area contributed by atoms with Crippen molar-refractivity contribution >= 4 is 0 Å². The van der Waals surface area contributed by atoms with Gasteiger partial charge in [-0.2, -0.15) is 0 Å². The maximum absolute atomic E-state index is 5.67. The van der Waals surface area contributed by atoms with Gasteiger partial charge in [-0.3, -0.25) is 0 Å². The van der Waals surface area contributed by atoms with E-state index in [1.54, 1.807) is 0 Å².